The zero-order valence-corrected chi connectivity index (χ0v) is 18.9. The number of likely N-dealkylation sites (N-methyl/N-ethyl adjacent to an activating group) is 1. The van der Waals surface area contributed by atoms with E-state index in [2.05, 4.69) is 30.9 Å². The van der Waals surface area contributed by atoms with E-state index in [1.54, 1.807) is 21.1 Å². The lowest BCUT2D eigenvalue weighted by molar-refractivity contribution is -0.137. The molecule has 3 rings (SSSR count). The molecule has 0 fully saturated rings. The molecular formula is C24H29N3O4. The highest BCUT2D eigenvalue weighted by molar-refractivity contribution is 5.80. The molecule has 1 heterocycles. The van der Waals surface area contributed by atoms with Crippen molar-refractivity contribution in [1.29, 1.82) is 0 Å². The van der Waals surface area contributed by atoms with Gasteiger partial charge in [0.1, 0.15) is 11.5 Å². The molecule has 3 aromatic rings. The first kappa shape index (κ1) is 22.3. The van der Waals surface area contributed by atoms with E-state index < -0.39 is 6.10 Å². The molecule has 0 spiro atoms. The largest absolute Gasteiger partial charge is 0.497 e. The number of carbonyl (C=O) groups is 1. The number of methoxy groups -OCH3 is 1. The number of aromatic nitrogens is 2. The van der Waals surface area contributed by atoms with Crippen LogP contribution in [0.1, 0.15) is 39.1 Å². The number of amides is 1. The molecule has 2 aromatic carbocycles. The van der Waals surface area contributed by atoms with Crippen molar-refractivity contribution in [2.45, 2.75) is 45.8 Å². The Morgan fingerprint density at radius 2 is 1.68 bits per heavy atom. The van der Waals surface area contributed by atoms with Gasteiger partial charge in [-0.05, 0) is 54.3 Å². The predicted molar refractivity (Wildman–Crippen MR) is 118 cm³/mol. The van der Waals surface area contributed by atoms with E-state index in [1.807, 2.05) is 48.5 Å². The summed E-state index contributed by atoms with van der Waals surface area (Å²) in [7, 11) is 3.29. The molecule has 0 saturated carbocycles. The lowest BCUT2D eigenvalue weighted by atomic mass is 9.87. The van der Waals surface area contributed by atoms with Crippen LogP contribution in [0.5, 0.6) is 11.5 Å². The number of ether oxygens (including phenoxy) is 2. The Morgan fingerprint density at radius 3 is 2.26 bits per heavy atom. The minimum absolute atomic E-state index is 0.0644. The second-order valence-corrected chi connectivity index (χ2v) is 8.47. The Morgan fingerprint density at radius 1 is 1.06 bits per heavy atom. The zero-order chi connectivity index (χ0) is 22.6. The van der Waals surface area contributed by atoms with Gasteiger partial charge >= 0.3 is 0 Å². The average Bonchev–Trinajstić information content (AvgIpc) is 3.21. The van der Waals surface area contributed by atoms with E-state index in [-0.39, 0.29) is 17.9 Å². The molecule has 7 nitrogen and oxygen atoms in total. The van der Waals surface area contributed by atoms with Gasteiger partial charge in [0.25, 0.3) is 5.91 Å². The fourth-order valence-corrected chi connectivity index (χ4v) is 3.06. The van der Waals surface area contributed by atoms with Gasteiger partial charge in [-0.15, -0.1) is 0 Å². The van der Waals surface area contributed by atoms with Gasteiger partial charge in [0, 0.05) is 12.6 Å². The predicted octanol–water partition coefficient (Wildman–Crippen LogP) is 4.47. The number of rotatable bonds is 7. The Hall–Kier alpha value is -3.35. The van der Waals surface area contributed by atoms with E-state index in [0.717, 1.165) is 11.3 Å². The molecule has 1 aromatic heterocycles. The lowest BCUT2D eigenvalue weighted by Gasteiger charge is -2.22. The monoisotopic (exact) mass is 423 g/mol. The number of benzene rings is 2. The minimum Gasteiger partial charge on any atom is -0.497 e. The van der Waals surface area contributed by atoms with Crippen molar-refractivity contribution in [2.24, 2.45) is 0 Å². The minimum atomic E-state index is -0.644. The summed E-state index contributed by atoms with van der Waals surface area (Å²) in [4.78, 5) is 18.6. The Bertz CT molecular complexity index is 1000. The van der Waals surface area contributed by atoms with Gasteiger partial charge in [-0.1, -0.05) is 38.1 Å². The van der Waals surface area contributed by atoms with E-state index in [4.69, 9.17) is 14.0 Å². The van der Waals surface area contributed by atoms with Crippen LogP contribution in [0, 0.1) is 0 Å². The van der Waals surface area contributed by atoms with Crippen LogP contribution in [0.25, 0.3) is 11.4 Å². The van der Waals surface area contributed by atoms with Crippen LogP contribution < -0.4 is 9.47 Å². The topological polar surface area (TPSA) is 77.7 Å². The average molecular weight is 424 g/mol. The van der Waals surface area contributed by atoms with Gasteiger partial charge in [-0.3, -0.25) is 4.79 Å². The normalized spacial score (nSPS) is 12.3. The molecule has 0 N–H and O–H groups in total. The maximum absolute atomic E-state index is 12.7. The Labute approximate surface area is 183 Å². The van der Waals surface area contributed by atoms with Crippen molar-refractivity contribution in [1.82, 2.24) is 15.0 Å². The summed E-state index contributed by atoms with van der Waals surface area (Å²) in [5.41, 5.74) is 2.08. The highest BCUT2D eigenvalue weighted by atomic mass is 16.5. The van der Waals surface area contributed by atoms with Crippen LogP contribution >= 0.6 is 0 Å². The molecular weight excluding hydrogens is 394 g/mol. The third-order valence-corrected chi connectivity index (χ3v) is 4.95. The van der Waals surface area contributed by atoms with E-state index in [1.165, 1.54) is 10.5 Å². The summed E-state index contributed by atoms with van der Waals surface area (Å²) >= 11 is 0. The van der Waals surface area contributed by atoms with Crippen LogP contribution in [0.3, 0.4) is 0 Å². The quantitative estimate of drug-likeness (QED) is 0.558. The van der Waals surface area contributed by atoms with Crippen molar-refractivity contribution >= 4 is 5.91 Å². The van der Waals surface area contributed by atoms with Gasteiger partial charge in [-0.2, -0.15) is 4.98 Å². The summed E-state index contributed by atoms with van der Waals surface area (Å²) in [6.45, 7) is 8.39. The smallest absolute Gasteiger partial charge is 0.263 e. The molecule has 0 aliphatic heterocycles. The van der Waals surface area contributed by atoms with E-state index in [0.29, 0.717) is 17.5 Å². The summed E-state index contributed by atoms with van der Waals surface area (Å²) < 4.78 is 16.3. The van der Waals surface area contributed by atoms with Crippen molar-refractivity contribution < 1.29 is 18.8 Å². The first-order valence-electron chi connectivity index (χ1n) is 10.2. The van der Waals surface area contributed by atoms with E-state index >= 15 is 0 Å². The molecule has 1 atom stereocenters. The molecule has 0 unspecified atom stereocenters. The van der Waals surface area contributed by atoms with Crippen molar-refractivity contribution in [3.05, 3.63) is 60.0 Å². The summed E-state index contributed by atoms with van der Waals surface area (Å²) in [5.74, 6) is 2.04. The summed E-state index contributed by atoms with van der Waals surface area (Å²) in [6.07, 6.45) is -0.644. The highest BCUT2D eigenvalue weighted by Crippen LogP contribution is 2.25. The van der Waals surface area contributed by atoms with Crippen molar-refractivity contribution in [3.63, 3.8) is 0 Å². The molecule has 0 aliphatic rings. The van der Waals surface area contributed by atoms with E-state index in [9.17, 15) is 4.79 Å². The van der Waals surface area contributed by atoms with Crippen LogP contribution in [0.4, 0.5) is 0 Å². The molecule has 0 radical (unpaired) electrons. The molecule has 0 saturated heterocycles. The van der Waals surface area contributed by atoms with Crippen LogP contribution in [0.2, 0.25) is 0 Å². The number of carbonyl (C=O) groups excluding carboxylic acids is 1. The lowest BCUT2D eigenvalue weighted by Crippen LogP contribution is -2.37. The second kappa shape index (κ2) is 9.20. The van der Waals surface area contributed by atoms with Crippen LogP contribution in [-0.4, -0.2) is 41.2 Å². The zero-order valence-electron chi connectivity index (χ0n) is 18.9. The number of hydrogen-bond donors (Lipinski definition) is 0. The molecule has 0 aliphatic carbocycles. The first-order valence-corrected chi connectivity index (χ1v) is 10.2. The van der Waals surface area contributed by atoms with Gasteiger partial charge in [0.2, 0.25) is 11.7 Å². The maximum Gasteiger partial charge on any atom is 0.263 e. The molecule has 31 heavy (non-hydrogen) atoms. The standard InChI is InChI=1S/C24H29N3O4/c1-16(30-20-13-9-18(10-14-20)24(2,3)4)23(28)27(5)15-21-25-22(26-31-21)17-7-11-19(29-6)12-8-17/h7-14,16H,15H2,1-6H3/t16-/m1/s1. The summed E-state index contributed by atoms with van der Waals surface area (Å²) in [5, 5.41) is 4.00. The van der Waals surface area contributed by atoms with Crippen LogP contribution in [0.15, 0.2) is 53.1 Å². The molecule has 7 heteroatoms. The van der Waals surface area contributed by atoms with Crippen LogP contribution in [-0.2, 0) is 16.8 Å². The number of nitrogens with zero attached hydrogens (tertiary/aromatic N) is 3. The molecule has 1 amide bonds. The van der Waals surface area contributed by atoms with Crippen molar-refractivity contribution in [3.8, 4) is 22.9 Å². The third-order valence-electron chi connectivity index (χ3n) is 4.95. The highest BCUT2D eigenvalue weighted by Gasteiger charge is 2.22. The third kappa shape index (κ3) is 5.63. The van der Waals surface area contributed by atoms with Crippen molar-refractivity contribution in [2.75, 3.05) is 14.2 Å². The van der Waals surface area contributed by atoms with Gasteiger partial charge in [0.05, 0.1) is 13.7 Å². The number of hydrogen-bond acceptors (Lipinski definition) is 6. The second-order valence-electron chi connectivity index (χ2n) is 8.47. The maximum atomic E-state index is 12.7. The summed E-state index contributed by atoms with van der Waals surface area (Å²) in [6, 6.07) is 15.2. The SMILES string of the molecule is COc1ccc(-c2noc(CN(C)C(=O)[C@@H](C)Oc3ccc(C(C)(C)C)cc3)n2)cc1. The first-order chi connectivity index (χ1) is 14.7. The fourth-order valence-electron chi connectivity index (χ4n) is 3.06. The van der Waals surface area contributed by atoms with Gasteiger partial charge in [0.15, 0.2) is 6.10 Å². The molecule has 0 bridgehead atoms. The molecule has 164 valence electrons. The van der Waals surface area contributed by atoms with Gasteiger partial charge in [-0.25, -0.2) is 0 Å². The Kier molecular flexibility index (Phi) is 6.63. The Balaban J connectivity index is 1.59. The van der Waals surface area contributed by atoms with Gasteiger partial charge < -0.3 is 18.9 Å². The fraction of sp³-hybridized carbons (Fsp3) is 0.375.